The first-order chi connectivity index (χ1) is 14.0. The van der Waals surface area contributed by atoms with Gasteiger partial charge in [0.05, 0.1) is 30.7 Å². The molecule has 8 nitrogen and oxygen atoms in total. The molecule has 4 rings (SSSR count). The number of nitrogens with one attached hydrogen (secondary N) is 1. The fourth-order valence-electron chi connectivity index (χ4n) is 4.04. The predicted octanol–water partition coefficient (Wildman–Crippen LogP) is 1.27. The van der Waals surface area contributed by atoms with E-state index in [9.17, 15) is 9.59 Å². The highest BCUT2D eigenvalue weighted by atomic mass is 16.5. The van der Waals surface area contributed by atoms with Crippen molar-refractivity contribution in [1.29, 1.82) is 0 Å². The number of hydrogen-bond donors (Lipinski definition) is 1. The van der Waals surface area contributed by atoms with Gasteiger partial charge in [0.25, 0.3) is 5.91 Å². The average molecular weight is 398 g/mol. The van der Waals surface area contributed by atoms with E-state index in [2.05, 4.69) is 17.0 Å². The first kappa shape index (κ1) is 19.6. The molecule has 2 aliphatic heterocycles. The Bertz CT molecular complexity index is 926. The normalized spacial score (nSPS) is 27.1. The van der Waals surface area contributed by atoms with E-state index in [0.717, 1.165) is 5.52 Å². The summed E-state index contributed by atoms with van der Waals surface area (Å²) in [5, 5.41) is 7.15. The Balaban J connectivity index is 1.40. The standard InChI is InChI=1S/C21H26N4O4/c1-3-18-16(8-11-28-18)20(27)24-10-12-29-21(2,14-24)13-22-19(26)17-7-6-15-5-4-9-23-25(15)17/h3-7,9,16,18H,1,8,10-14H2,2H3,(H,22,26)/t16-,18+,21?/m1/s1. The van der Waals surface area contributed by atoms with E-state index in [1.165, 1.54) is 0 Å². The molecule has 154 valence electrons. The number of fused-ring (bicyclic) bond motifs is 1. The molecular formula is C21H26N4O4. The van der Waals surface area contributed by atoms with Gasteiger partial charge in [0.1, 0.15) is 11.3 Å². The van der Waals surface area contributed by atoms with Crippen molar-refractivity contribution in [1.82, 2.24) is 19.8 Å². The minimum atomic E-state index is -0.660. The first-order valence-electron chi connectivity index (χ1n) is 9.89. The first-order valence-corrected chi connectivity index (χ1v) is 9.89. The molecule has 2 aliphatic rings. The summed E-state index contributed by atoms with van der Waals surface area (Å²) in [6.45, 7) is 7.93. The Kier molecular flexibility index (Phi) is 5.38. The minimum absolute atomic E-state index is 0.0648. The summed E-state index contributed by atoms with van der Waals surface area (Å²) >= 11 is 0. The van der Waals surface area contributed by atoms with E-state index in [1.54, 1.807) is 22.9 Å². The van der Waals surface area contributed by atoms with Gasteiger partial charge in [0, 0.05) is 25.9 Å². The van der Waals surface area contributed by atoms with E-state index in [1.807, 2.05) is 30.0 Å². The SMILES string of the molecule is C=C[C@@H]1OCC[C@H]1C(=O)N1CCOC(C)(CNC(=O)c2ccc3cccnn23)C1. The van der Waals surface area contributed by atoms with Gasteiger partial charge in [-0.2, -0.15) is 5.10 Å². The van der Waals surface area contributed by atoms with Crippen LogP contribution >= 0.6 is 0 Å². The number of rotatable bonds is 5. The molecule has 4 heterocycles. The van der Waals surface area contributed by atoms with Gasteiger partial charge in [0.15, 0.2) is 0 Å². The summed E-state index contributed by atoms with van der Waals surface area (Å²) in [7, 11) is 0. The molecule has 8 heteroatoms. The summed E-state index contributed by atoms with van der Waals surface area (Å²) in [5.74, 6) is -0.356. The number of hydrogen-bond acceptors (Lipinski definition) is 5. The van der Waals surface area contributed by atoms with Crippen LogP contribution in [0.4, 0.5) is 0 Å². The molecule has 2 aromatic heterocycles. The van der Waals surface area contributed by atoms with Gasteiger partial charge in [-0.25, -0.2) is 4.52 Å². The lowest BCUT2D eigenvalue weighted by Crippen LogP contribution is -2.58. The van der Waals surface area contributed by atoms with Crippen molar-refractivity contribution < 1.29 is 19.1 Å². The second-order valence-electron chi connectivity index (χ2n) is 7.79. The van der Waals surface area contributed by atoms with Gasteiger partial charge in [0.2, 0.25) is 5.91 Å². The van der Waals surface area contributed by atoms with E-state index >= 15 is 0 Å². The molecule has 29 heavy (non-hydrogen) atoms. The van der Waals surface area contributed by atoms with Gasteiger partial charge in [-0.15, -0.1) is 6.58 Å². The zero-order valence-electron chi connectivity index (χ0n) is 16.5. The molecule has 0 bridgehead atoms. The van der Waals surface area contributed by atoms with Crippen LogP contribution in [-0.2, 0) is 14.3 Å². The van der Waals surface area contributed by atoms with Gasteiger partial charge < -0.3 is 19.7 Å². The largest absolute Gasteiger partial charge is 0.373 e. The number of carbonyl (C=O) groups is 2. The van der Waals surface area contributed by atoms with Crippen LogP contribution in [0.25, 0.3) is 5.52 Å². The lowest BCUT2D eigenvalue weighted by molar-refractivity contribution is -0.152. The van der Waals surface area contributed by atoms with Crippen molar-refractivity contribution >= 4 is 17.3 Å². The monoisotopic (exact) mass is 398 g/mol. The van der Waals surface area contributed by atoms with Crippen LogP contribution in [0.2, 0.25) is 0 Å². The number of amides is 2. The number of carbonyl (C=O) groups excluding carboxylic acids is 2. The quantitative estimate of drug-likeness (QED) is 0.767. The summed E-state index contributed by atoms with van der Waals surface area (Å²) < 4.78 is 13.1. The molecule has 2 saturated heterocycles. The Morgan fingerprint density at radius 2 is 2.24 bits per heavy atom. The van der Waals surface area contributed by atoms with Crippen LogP contribution < -0.4 is 5.32 Å². The molecular weight excluding hydrogens is 372 g/mol. The van der Waals surface area contributed by atoms with Crippen LogP contribution in [0.15, 0.2) is 43.1 Å². The third-order valence-corrected chi connectivity index (χ3v) is 5.61. The van der Waals surface area contributed by atoms with E-state index in [4.69, 9.17) is 9.47 Å². The molecule has 1 N–H and O–H groups in total. The van der Waals surface area contributed by atoms with Crippen LogP contribution in [0, 0.1) is 5.92 Å². The molecule has 2 fully saturated rings. The summed E-state index contributed by atoms with van der Waals surface area (Å²) in [4.78, 5) is 27.5. The fourth-order valence-corrected chi connectivity index (χ4v) is 4.04. The van der Waals surface area contributed by atoms with Gasteiger partial charge in [-0.3, -0.25) is 9.59 Å². The van der Waals surface area contributed by atoms with Gasteiger partial charge in [-0.05, 0) is 37.6 Å². The zero-order chi connectivity index (χ0) is 20.4. The molecule has 3 atom stereocenters. The Morgan fingerprint density at radius 3 is 3.07 bits per heavy atom. The second-order valence-corrected chi connectivity index (χ2v) is 7.79. The van der Waals surface area contributed by atoms with E-state index in [-0.39, 0.29) is 23.8 Å². The van der Waals surface area contributed by atoms with Crippen LogP contribution in [-0.4, -0.2) is 70.9 Å². The Morgan fingerprint density at radius 1 is 1.38 bits per heavy atom. The molecule has 0 saturated carbocycles. The highest BCUT2D eigenvalue weighted by Gasteiger charge is 2.40. The molecule has 0 radical (unpaired) electrons. The Hall–Kier alpha value is -2.71. The van der Waals surface area contributed by atoms with Crippen molar-refractivity contribution in [2.24, 2.45) is 5.92 Å². The predicted molar refractivity (Wildman–Crippen MR) is 107 cm³/mol. The Labute approximate surface area is 169 Å². The maximum absolute atomic E-state index is 13.0. The summed E-state index contributed by atoms with van der Waals surface area (Å²) in [6, 6.07) is 7.31. The third-order valence-electron chi connectivity index (χ3n) is 5.61. The maximum atomic E-state index is 13.0. The van der Waals surface area contributed by atoms with Crippen LogP contribution in [0.3, 0.4) is 0 Å². The number of aromatic nitrogens is 2. The maximum Gasteiger partial charge on any atom is 0.270 e. The number of morpholine rings is 1. The lowest BCUT2D eigenvalue weighted by atomic mass is 9.97. The highest BCUT2D eigenvalue weighted by Crippen LogP contribution is 2.26. The highest BCUT2D eigenvalue weighted by molar-refractivity contribution is 5.93. The molecule has 0 aromatic carbocycles. The molecule has 2 amide bonds. The van der Waals surface area contributed by atoms with Gasteiger partial charge in [-0.1, -0.05) is 6.08 Å². The second kappa shape index (κ2) is 7.96. The number of ether oxygens (including phenoxy) is 2. The summed E-state index contributed by atoms with van der Waals surface area (Å²) in [6.07, 6.45) is 3.81. The molecule has 0 aliphatic carbocycles. The van der Waals surface area contributed by atoms with Crippen molar-refractivity contribution in [3.8, 4) is 0 Å². The molecule has 0 spiro atoms. The van der Waals surface area contributed by atoms with Crippen molar-refractivity contribution in [2.75, 3.05) is 32.8 Å². The summed E-state index contributed by atoms with van der Waals surface area (Å²) in [5.41, 5.74) is 0.655. The molecule has 2 aromatic rings. The smallest absolute Gasteiger partial charge is 0.270 e. The molecule has 1 unspecified atom stereocenters. The van der Waals surface area contributed by atoms with Crippen molar-refractivity contribution in [2.45, 2.75) is 25.0 Å². The van der Waals surface area contributed by atoms with E-state index in [0.29, 0.717) is 45.0 Å². The topological polar surface area (TPSA) is 85.2 Å². The minimum Gasteiger partial charge on any atom is -0.373 e. The lowest BCUT2D eigenvalue weighted by Gasteiger charge is -2.41. The number of nitrogens with zero attached hydrogens (tertiary/aromatic N) is 3. The third kappa shape index (κ3) is 3.90. The average Bonchev–Trinajstić information content (AvgIpc) is 3.38. The van der Waals surface area contributed by atoms with Crippen molar-refractivity contribution in [3.63, 3.8) is 0 Å². The van der Waals surface area contributed by atoms with Crippen LogP contribution in [0.1, 0.15) is 23.8 Å². The van der Waals surface area contributed by atoms with Crippen LogP contribution in [0.5, 0.6) is 0 Å². The van der Waals surface area contributed by atoms with Gasteiger partial charge >= 0.3 is 0 Å². The van der Waals surface area contributed by atoms with E-state index < -0.39 is 5.60 Å². The van der Waals surface area contributed by atoms with Crippen molar-refractivity contribution in [3.05, 3.63) is 48.8 Å². The fraction of sp³-hybridized carbons (Fsp3) is 0.476. The zero-order valence-corrected chi connectivity index (χ0v) is 16.5.